The van der Waals surface area contributed by atoms with E-state index in [2.05, 4.69) is 10.3 Å². The van der Waals surface area contributed by atoms with Gasteiger partial charge >= 0.3 is 0 Å². The first-order valence-corrected chi connectivity index (χ1v) is 7.36. The number of carbonyl (C=O) groups excluding carboxylic acids is 2. The number of hydrogen-bond donors (Lipinski definition) is 1. The number of nitrogens with zero attached hydrogens (tertiary/aromatic N) is 2. The van der Waals surface area contributed by atoms with Gasteiger partial charge in [-0.15, -0.1) is 11.3 Å². The summed E-state index contributed by atoms with van der Waals surface area (Å²) >= 11 is 1.51. The lowest BCUT2D eigenvalue weighted by Gasteiger charge is -2.11. The lowest BCUT2D eigenvalue weighted by Crippen LogP contribution is -2.24. The van der Waals surface area contributed by atoms with E-state index < -0.39 is 0 Å². The zero-order valence-corrected chi connectivity index (χ0v) is 13.0. The van der Waals surface area contributed by atoms with E-state index in [-0.39, 0.29) is 11.8 Å². The summed E-state index contributed by atoms with van der Waals surface area (Å²) < 4.78 is 0. The molecule has 6 heteroatoms. The molecule has 0 aliphatic heterocycles. The summed E-state index contributed by atoms with van der Waals surface area (Å²) in [5.74, 6) is -0.337. The van der Waals surface area contributed by atoms with E-state index in [0.29, 0.717) is 17.7 Å². The van der Waals surface area contributed by atoms with Gasteiger partial charge in [-0.1, -0.05) is 6.07 Å². The van der Waals surface area contributed by atoms with E-state index in [1.807, 2.05) is 12.3 Å². The molecule has 0 saturated carbocycles. The minimum Gasteiger partial charge on any atom is -0.346 e. The van der Waals surface area contributed by atoms with Crippen LogP contribution in [0.2, 0.25) is 0 Å². The van der Waals surface area contributed by atoms with Gasteiger partial charge < -0.3 is 10.2 Å². The summed E-state index contributed by atoms with van der Waals surface area (Å²) in [4.78, 5) is 29.8. The first-order chi connectivity index (χ1) is 9.97. The number of aryl methyl sites for hydroxylation is 1. The molecule has 1 aromatic carbocycles. The number of amides is 2. The maximum atomic E-state index is 12.1. The molecule has 0 unspecified atom stereocenters. The summed E-state index contributed by atoms with van der Waals surface area (Å²) in [6.45, 7) is 2.31. The fraction of sp³-hybridized carbons (Fsp3) is 0.267. The fourth-order valence-corrected chi connectivity index (χ4v) is 2.51. The van der Waals surface area contributed by atoms with Crippen LogP contribution in [0.1, 0.15) is 31.4 Å². The molecule has 0 spiro atoms. The molecule has 2 amide bonds. The summed E-state index contributed by atoms with van der Waals surface area (Å²) in [6.07, 6.45) is 0. The zero-order valence-electron chi connectivity index (χ0n) is 12.2. The quantitative estimate of drug-likeness (QED) is 0.940. The molecule has 0 aliphatic carbocycles. The molecule has 1 N–H and O–H groups in total. The molecule has 0 saturated heterocycles. The average Bonchev–Trinajstić information content (AvgIpc) is 2.89. The van der Waals surface area contributed by atoms with Crippen LogP contribution in [0.15, 0.2) is 29.6 Å². The first kappa shape index (κ1) is 15.2. The smallest absolute Gasteiger partial charge is 0.253 e. The molecule has 2 rings (SSSR count). The molecule has 1 aromatic heterocycles. The molecular formula is C15H17N3O2S. The molecule has 5 nitrogen and oxygen atoms in total. The van der Waals surface area contributed by atoms with Crippen molar-refractivity contribution >= 4 is 23.2 Å². The standard InChI is InChI=1S/C15H17N3O2S/c1-10-9-21-13(17-10)8-16-14(19)11-5-4-6-12(7-11)15(20)18(2)3/h4-7,9H,8H2,1-3H3,(H,16,19). The molecule has 0 bridgehead atoms. The van der Waals surface area contributed by atoms with Gasteiger partial charge in [0.25, 0.3) is 11.8 Å². The largest absolute Gasteiger partial charge is 0.346 e. The first-order valence-electron chi connectivity index (χ1n) is 6.48. The second-order valence-electron chi connectivity index (χ2n) is 4.85. The van der Waals surface area contributed by atoms with Crippen molar-refractivity contribution in [2.24, 2.45) is 0 Å². The van der Waals surface area contributed by atoms with E-state index >= 15 is 0 Å². The Kier molecular flexibility index (Phi) is 4.70. The lowest BCUT2D eigenvalue weighted by atomic mass is 10.1. The van der Waals surface area contributed by atoms with Crippen molar-refractivity contribution in [3.8, 4) is 0 Å². The van der Waals surface area contributed by atoms with Crippen molar-refractivity contribution in [3.63, 3.8) is 0 Å². The summed E-state index contributed by atoms with van der Waals surface area (Å²) in [5.41, 5.74) is 1.91. The Morgan fingerprint density at radius 3 is 2.62 bits per heavy atom. The van der Waals surface area contributed by atoms with Crippen LogP contribution in [0.4, 0.5) is 0 Å². The van der Waals surface area contributed by atoms with Gasteiger partial charge in [0.1, 0.15) is 5.01 Å². The van der Waals surface area contributed by atoms with Crippen LogP contribution in [0.25, 0.3) is 0 Å². The van der Waals surface area contributed by atoms with Crippen molar-refractivity contribution < 1.29 is 9.59 Å². The second-order valence-corrected chi connectivity index (χ2v) is 5.79. The zero-order chi connectivity index (χ0) is 15.4. The van der Waals surface area contributed by atoms with Gasteiger partial charge in [0.05, 0.1) is 6.54 Å². The molecule has 0 radical (unpaired) electrons. The summed E-state index contributed by atoms with van der Waals surface area (Å²) in [6, 6.07) is 6.70. The second kappa shape index (κ2) is 6.49. The predicted molar refractivity (Wildman–Crippen MR) is 82.5 cm³/mol. The Labute approximate surface area is 127 Å². The third kappa shape index (κ3) is 3.88. The Morgan fingerprint density at radius 2 is 2.00 bits per heavy atom. The van der Waals surface area contributed by atoms with Gasteiger partial charge in [-0.3, -0.25) is 9.59 Å². The van der Waals surface area contributed by atoms with Gasteiger partial charge in [0.2, 0.25) is 0 Å². The van der Waals surface area contributed by atoms with Crippen LogP contribution >= 0.6 is 11.3 Å². The molecule has 1 heterocycles. The van der Waals surface area contributed by atoms with Gasteiger partial charge in [0.15, 0.2) is 0 Å². The predicted octanol–water partition coefficient (Wildman–Crippen LogP) is 2.08. The van der Waals surface area contributed by atoms with Crippen LogP contribution in [-0.4, -0.2) is 35.8 Å². The number of benzene rings is 1. The maximum absolute atomic E-state index is 12.1. The van der Waals surface area contributed by atoms with Gasteiger partial charge in [-0.25, -0.2) is 4.98 Å². The van der Waals surface area contributed by atoms with Crippen LogP contribution in [0.5, 0.6) is 0 Å². The van der Waals surface area contributed by atoms with E-state index in [0.717, 1.165) is 10.7 Å². The highest BCUT2D eigenvalue weighted by molar-refractivity contribution is 7.09. The minimum absolute atomic E-state index is 0.125. The van der Waals surface area contributed by atoms with Crippen LogP contribution in [0.3, 0.4) is 0 Å². The van der Waals surface area contributed by atoms with E-state index in [1.54, 1.807) is 38.4 Å². The molecule has 2 aromatic rings. The summed E-state index contributed by atoms with van der Waals surface area (Å²) in [7, 11) is 3.36. The number of nitrogens with one attached hydrogen (secondary N) is 1. The van der Waals surface area contributed by atoms with Crippen molar-refractivity contribution in [2.75, 3.05) is 14.1 Å². The van der Waals surface area contributed by atoms with Gasteiger partial charge in [0, 0.05) is 36.3 Å². The molecule has 0 aliphatic rings. The Balaban J connectivity index is 2.05. The monoisotopic (exact) mass is 303 g/mol. The van der Waals surface area contributed by atoms with E-state index in [1.165, 1.54) is 16.2 Å². The SMILES string of the molecule is Cc1csc(CNC(=O)c2cccc(C(=O)N(C)C)c2)n1. The normalized spacial score (nSPS) is 10.2. The number of carbonyl (C=O) groups is 2. The van der Waals surface area contributed by atoms with Crippen molar-refractivity contribution in [1.82, 2.24) is 15.2 Å². The number of aromatic nitrogens is 1. The van der Waals surface area contributed by atoms with Crippen molar-refractivity contribution in [1.29, 1.82) is 0 Å². The molecular weight excluding hydrogens is 286 g/mol. The summed E-state index contributed by atoms with van der Waals surface area (Å²) in [5, 5.41) is 5.61. The van der Waals surface area contributed by atoms with E-state index in [9.17, 15) is 9.59 Å². The topological polar surface area (TPSA) is 62.3 Å². The highest BCUT2D eigenvalue weighted by Gasteiger charge is 2.12. The number of rotatable bonds is 4. The van der Waals surface area contributed by atoms with E-state index in [4.69, 9.17) is 0 Å². The average molecular weight is 303 g/mol. The third-order valence-electron chi connectivity index (χ3n) is 2.84. The third-order valence-corrected chi connectivity index (χ3v) is 3.81. The number of thiazole rings is 1. The lowest BCUT2D eigenvalue weighted by molar-refractivity contribution is 0.0827. The number of hydrogen-bond acceptors (Lipinski definition) is 4. The van der Waals surface area contributed by atoms with Crippen molar-refractivity contribution in [2.45, 2.75) is 13.5 Å². The molecule has 0 atom stereocenters. The Bertz CT molecular complexity index is 664. The maximum Gasteiger partial charge on any atom is 0.253 e. The highest BCUT2D eigenvalue weighted by atomic mass is 32.1. The van der Waals surface area contributed by atoms with Crippen molar-refractivity contribution in [3.05, 3.63) is 51.5 Å². The Morgan fingerprint density at radius 1 is 1.29 bits per heavy atom. The fourth-order valence-electron chi connectivity index (χ4n) is 1.79. The van der Waals surface area contributed by atoms with Gasteiger partial charge in [-0.2, -0.15) is 0 Å². The van der Waals surface area contributed by atoms with Crippen LogP contribution < -0.4 is 5.32 Å². The molecule has 110 valence electrons. The molecule has 0 fully saturated rings. The van der Waals surface area contributed by atoms with Gasteiger partial charge in [-0.05, 0) is 25.1 Å². The minimum atomic E-state index is -0.212. The molecule has 21 heavy (non-hydrogen) atoms. The Hall–Kier alpha value is -2.21. The van der Waals surface area contributed by atoms with Crippen LogP contribution in [-0.2, 0) is 6.54 Å². The highest BCUT2D eigenvalue weighted by Crippen LogP contribution is 2.10. The van der Waals surface area contributed by atoms with Crippen LogP contribution in [0, 0.1) is 6.92 Å².